The zero-order valence-electron chi connectivity index (χ0n) is 8.49. The minimum atomic E-state index is -3.24. The number of sulfonamides is 1. The topological polar surface area (TPSA) is 66.5 Å². The number of carbonyl (C=O) groups is 1. The van der Waals surface area contributed by atoms with Gasteiger partial charge in [-0.3, -0.25) is 4.79 Å². The van der Waals surface area contributed by atoms with Gasteiger partial charge < -0.3 is 5.32 Å². The average Bonchev–Trinajstić information content (AvgIpc) is 2.17. The second-order valence-electron chi connectivity index (χ2n) is 3.23. The number of amides is 1. The van der Waals surface area contributed by atoms with Crippen LogP contribution in [0.1, 0.15) is 20.3 Å². The summed E-state index contributed by atoms with van der Waals surface area (Å²) in [6.07, 6.45) is 0.519. The van der Waals surface area contributed by atoms with E-state index in [2.05, 4.69) is 5.32 Å². The van der Waals surface area contributed by atoms with E-state index in [1.54, 1.807) is 6.92 Å². The van der Waals surface area contributed by atoms with Gasteiger partial charge in [0.25, 0.3) is 0 Å². The minimum absolute atomic E-state index is 0.0524. The molecule has 1 saturated heterocycles. The third kappa shape index (κ3) is 2.06. The van der Waals surface area contributed by atoms with Crippen molar-refractivity contribution in [2.24, 2.45) is 0 Å². The van der Waals surface area contributed by atoms with Crippen LogP contribution in [-0.4, -0.2) is 43.5 Å². The Morgan fingerprint density at radius 3 is 2.64 bits per heavy atom. The Kier molecular flexibility index (Phi) is 3.49. The highest BCUT2D eigenvalue weighted by Crippen LogP contribution is 2.13. The summed E-state index contributed by atoms with van der Waals surface area (Å²) in [5.41, 5.74) is 0. The molecule has 1 fully saturated rings. The number of nitrogens with zero attached hydrogens (tertiary/aromatic N) is 1. The van der Waals surface area contributed by atoms with Crippen molar-refractivity contribution in [3.05, 3.63) is 0 Å². The predicted octanol–water partition coefficient (Wildman–Crippen LogP) is -0.453. The molecule has 1 heterocycles. The fourth-order valence-corrected chi connectivity index (χ4v) is 2.92. The Labute approximate surface area is 84.5 Å². The van der Waals surface area contributed by atoms with Crippen molar-refractivity contribution in [1.29, 1.82) is 0 Å². The van der Waals surface area contributed by atoms with Crippen molar-refractivity contribution in [3.8, 4) is 0 Å². The number of hydrogen-bond acceptors (Lipinski definition) is 3. The van der Waals surface area contributed by atoms with E-state index in [9.17, 15) is 13.2 Å². The number of nitrogens with one attached hydrogen (secondary N) is 1. The summed E-state index contributed by atoms with van der Waals surface area (Å²) in [5.74, 6) is -0.132. The number of carbonyl (C=O) groups excluding carboxylic acids is 1. The summed E-state index contributed by atoms with van der Waals surface area (Å²) < 4.78 is 24.5. The first-order valence-corrected chi connectivity index (χ1v) is 6.41. The molecule has 1 amide bonds. The molecule has 1 aliphatic rings. The van der Waals surface area contributed by atoms with Crippen LogP contribution in [0.2, 0.25) is 0 Å². The molecule has 1 atom stereocenters. The van der Waals surface area contributed by atoms with Crippen LogP contribution < -0.4 is 5.32 Å². The van der Waals surface area contributed by atoms with Gasteiger partial charge in [-0.1, -0.05) is 6.92 Å². The summed E-state index contributed by atoms with van der Waals surface area (Å²) in [7, 11) is -3.24. The Bertz CT molecular complexity index is 313. The van der Waals surface area contributed by atoms with E-state index in [-0.39, 0.29) is 11.7 Å². The maximum absolute atomic E-state index is 11.6. The van der Waals surface area contributed by atoms with Gasteiger partial charge in [-0.05, 0) is 13.3 Å². The van der Waals surface area contributed by atoms with Crippen LogP contribution in [0.4, 0.5) is 0 Å². The number of piperazine rings is 1. The molecule has 0 aliphatic carbocycles. The standard InChI is InChI=1S/C8H16N2O3S/c1-3-7-8(11)9-5-6-10(7)14(12,13)4-2/h7H,3-6H2,1-2H3,(H,9,11). The zero-order valence-corrected chi connectivity index (χ0v) is 9.30. The van der Waals surface area contributed by atoms with Crippen LogP contribution in [0.5, 0.6) is 0 Å². The van der Waals surface area contributed by atoms with Gasteiger partial charge in [0.05, 0.1) is 5.75 Å². The second kappa shape index (κ2) is 4.27. The van der Waals surface area contributed by atoms with Gasteiger partial charge in [0.2, 0.25) is 15.9 Å². The highest BCUT2D eigenvalue weighted by Gasteiger charge is 2.35. The summed E-state index contributed by atoms with van der Waals surface area (Å²) in [5, 5.41) is 2.66. The monoisotopic (exact) mass is 220 g/mol. The van der Waals surface area contributed by atoms with E-state index in [1.165, 1.54) is 4.31 Å². The van der Waals surface area contributed by atoms with Crippen molar-refractivity contribution in [3.63, 3.8) is 0 Å². The van der Waals surface area contributed by atoms with E-state index >= 15 is 0 Å². The first-order valence-electron chi connectivity index (χ1n) is 4.80. The van der Waals surface area contributed by atoms with Gasteiger partial charge in [0.15, 0.2) is 0 Å². The van der Waals surface area contributed by atoms with Crippen LogP contribution >= 0.6 is 0 Å². The third-order valence-electron chi connectivity index (χ3n) is 2.39. The number of hydrogen-bond donors (Lipinski definition) is 1. The largest absolute Gasteiger partial charge is 0.353 e. The Morgan fingerprint density at radius 1 is 1.50 bits per heavy atom. The number of rotatable bonds is 3. The van der Waals surface area contributed by atoms with Crippen LogP contribution in [0.15, 0.2) is 0 Å². The molecule has 6 heteroatoms. The van der Waals surface area contributed by atoms with Gasteiger partial charge in [-0.2, -0.15) is 4.31 Å². The molecule has 0 bridgehead atoms. The fraction of sp³-hybridized carbons (Fsp3) is 0.875. The molecule has 14 heavy (non-hydrogen) atoms. The average molecular weight is 220 g/mol. The summed E-state index contributed by atoms with van der Waals surface area (Å²) >= 11 is 0. The zero-order chi connectivity index (χ0) is 10.8. The van der Waals surface area contributed by atoms with Gasteiger partial charge >= 0.3 is 0 Å². The molecule has 0 aromatic heterocycles. The molecular weight excluding hydrogens is 204 g/mol. The first-order chi connectivity index (χ1) is 6.53. The van der Waals surface area contributed by atoms with Gasteiger partial charge in [-0.25, -0.2) is 8.42 Å². The lowest BCUT2D eigenvalue weighted by molar-refractivity contribution is -0.126. The summed E-state index contributed by atoms with van der Waals surface area (Å²) in [6, 6.07) is -0.520. The molecule has 1 unspecified atom stereocenters. The quantitative estimate of drug-likeness (QED) is 0.700. The molecule has 1 N–H and O–H groups in total. The van der Waals surface area contributed by atoms with E-state index in [0.29, 0.717) is 19.5 Å². The van der Waals surface area contributed by atoms with E-state index in [0.717, 1.165) is 0 Å². The maximum Gasteiger partial charge on any atom is 0.238 e. The molecule has 5 nitrogen and oxygen atoms in total. The Hall–Kier alpha value is -0.620. The third-order valence-corrected chi connectivity index (χ3v) is 4.27. The SMILES string of the molecule is CCC1C(=O)NCCN1S(=O)(=O)CC. The maximum atomic E-state index is 11.6. The van der Waals surface area contributed by atoms with Crippen molar-refractivity contribution in [2.75, 3.05) is 18.8 Å². The van der Waals surface area contributed by atoms with Gasteiger partial charge in [0.1, 0.15) is 6.04 Å². The van der Waals surface area contributed by atoms with E-state index < -0.39 is 16.1 Å². The lowest BCUT2D eigenvalue weighted by Gasteiger charge is -2.33. The molecule has 0 aromatic carbocycles. The van der Waals surface area contributed by atoms with Crippen molar-refractivity contribution in [2.45, 2.75) is 26.3 Å². The molecular formula is C8H16N2O3S. The fourth-order valence-electron chi connectivity index (χ4n) is 1.58. The lowest BCUT2D eigenvalue weighted by Crippen LogP contribution is -2.57. The second-order valence-corrected chi connectivity index (χ2v) is 5.44. The summed E-state index contributed by atoms with van der Waals surface area (Å²) in [4.78, 5) is 11.4. The van der Waals surface area contributed by atoms with Crippen LogP contribution in [0.25, 0.3) is 0 Å². The highest BCUT2D eigenvalue weighted by atomic mass is 32.2. The smallest absolute Gasteiger partial charge is 0.238 e. The molecule has 1 aliphatic heterocycles. The van der Waals surface area contributed by atoms with Crippen LogP contribution in [0, 0.1) is 0 Å². The van der Waals surface area contributed by atoms with E-state index in [4.69, 9.17) is 0 Å². The van der Waals surface area contributed by atoms with Gasteiger partial charge in [-0.15, -0.1) is 0 Å². The van der Waals surface area contributed by atoms with Crippen LogP contribution in [-0.2, 0) is 14.8 Å². The van der Waals surface area contributed by atoms with Crippen LogP contribution in [0.3, 0.4) is 0 Å². The predicted molar refractivity (Wildman–Crippen MR) is 53.3 cm³/mol. The summed E-state index contributed by atoms with van der Waals surface area (Å²) in [6.45, 7) is 4.21. The van der Waals surface area contributed by atoms with Gasteiger partial charge in [0, 0.05) is 13.1 Å². The van der Waals surface area contributed by atoms with Crippen molar-refractivity contribution in [1.82, 2.24) is 9.62 Å². The lowest BCUT2D eigenvalue weighted by atomic mass is 10.2. The molecule has 0 radical (unpaired) electrons. The Morgan fingerprint density at radius 2 is 2.14 bits per heavy atom. The minimum Gasteiger partial charge on any atom is -0.353 e. The molecule has 82 valence electrons. The molecule has 0 aromatic rings. The highest BCUT2D eigenvalue weighted by molar-refractivity contribution is 7.89. The van der Waals surface area contributed by atoms with Crippen molar-refractivity contribution < 1.29 is 13.2 Å². The first kappa shape index (κ1) is 11.5. The Balaban J connectivity index is 2.91. The van der Waals surface area contributed by atoms with Crippen molar-refractivity contribution >= 4 is 15.9 Å². The molecule has 1 rings (SSSR count). The van der Waals surface area contributed by atoms with E-state index in [1.807, 2.05) is 6.92 Å². The normalized spacial score (nSPS) is 24.7. The molecule has 0 spiro atoms. The molecule has 0 saturated carbocycles.